The maximum absolute atomic E-state index is 13.4. The highest BCUT2D eigenvalue weighted by Gasteiger charge is 2.12. The van der Waals surface area contributed by atoms with Crippen molar-refractivity contribution in [1.82, 2.24) is 0 Å². The molecule has 0 radical (unpaired) electrons. The SMILES string of the molecule is O=C(Nc1cc(F)ccc1F)c1ccccc1Br. The summed E-state index contributed by atoms with van der Waals surface area (Å²) in [6.45, 7) is 0. The molecule has 0 unspecified atom stereocenters. The minimum atomic E-state index is -0.684. The molecule has 92 valence electrons. The molecule has 18 heavy (non-hydrogen) atoms. The zero-order valence-electron chi connectivity index (χ0n) is 9.08. The number of hydrogen-bond acceptors (Lipinski definition) is 1. The van der Waals surface area contributed by atoms with Crippen LogP contribution in [0.1, 0.15) is 10.4 Å². The molecule has 0 aliphatic carbocycles. The lowest BCUT2D eigenvalue weighted by atomic mass is 10.2. The van der Waals surface area contributed by atoms with E-state index in [0.29, 0.717) is 10.0 Å². The summed E-state index contributed by atoms with van der Waals surface area (Å²) in [5.41, 5.74) is 0.164. The Hall–Kier alpha value is -1.75. The standard InChI is InChI=1S/C13H8BrF2NO/c14-10-4-2-1-3-9(10)13(18)17-12-7-8(15)5-6-11(12)16/h1-7H,(H,17,18). The van der Waals surface area contributed by atoms with Crippen molar-refractivity contribution >= 4 is 27.5 Å². The van der Waals surface area contributed by atoms with Crippen LogP contribution in [0.25, 0.3) is 0 Å². The number of amides is 1. The van der Waals surface area contributed by atoms with E-state index in [2.05, 4.69) is 21.2 Å². The first-order valence-electron chi connectivity index (χ1n) is 5.09. The Morgan fingerprint density at radius 1 is 1.11 bits per heavy atom. The van der Waals surface area contributed by atoms with E-state index in [1.807, 2.05) is 0 Å². The molecule has 5 heteroatoms. The number of carbonyl (C=O) groups is 1. The molecule has 0 aliphatic heterocycles. The van der Waals surface area contributed by atoms with Crippen LogP contribution in [0.15, 0.2) is 46.9 Å². The second kappa shape index (κ2) is 5.27. The molecule has 2 aromatic carbocycles. The third kappa shape index (κ3) is 2.73. The molecule has 0 saturated heterocycles. The van der Waals surface area contributed by atoms with Gasteiger partial charge in [-0.1, -0.05) is 12.1 Å². The van der Waals surface area contributed by atoms with Gasteiger partial charge in [-0.3, -0.25) is 4.79 Å². The van der Waals surface area contributed by atoms with Gasteiger partial charge < -0.3 is 5.32 Å². The van der Waals surface area contributed by atoms with Crippen LogP contribution in [0.2, 0.25) is 0 Å². The van der Waals surface area contributed by atoms with E-state index in [-0.39, 0.29) is 5.69 Å². The quantitative estimate of drug-likeness (QED) is 0.893. The molecule has 0 bridgehead atoms. The number of rotatable bonds is 2. The van der Waals surface area contributed by atoms with Gasteiger partial charge in [0.05, 0.1) is 11.3 Å². The fourth-order valence-electron chi connectivity index (χ4n) is 1.43. The Balaban J connectivity index is 2.27. The molecule has 2 nitrogen and oxygen atoms in total. The summed E-state index contributed by atoms with van der Waals surface area (Å²) in [6, 6.07) is 9.59. The Bertz CT molecular complexity index is 601. The minimum absolute atomic E-state index is 0.184. The van der Waals surface area contributed by atoms with Gasteiger partial charge in [-0.25, -0.2) is 8.78 Å². The second-order valence-electron chi connectivity index (χ2n) is 3.56. The Morgan fingerprint density at radius 3 is 2.56 bits per heavy atom. The van der Waals surface area contributed by atoms with Gasteiger partial charge in [-0.2, -0.15) is 0 Å². The van der Waals surface area contributed by atoms with Crippen LogP contribution in [0.5, 0.6) is 0 Å². The number of hydrogen-bond donors (Lipinski definition) is 1. The average molecular weight is 312 g/mol. The summed E-state index contributed by atoms with van der Waals surface area (Å²) in [5, 5.41) is 2.32. The Kier molecular flexibility index (Phi) is 3.72. The van der Waals surface area contributed by atoms with Crippen molar-refractivity contribution in [3.8, 4) is 0 Å². The monoisotopic (exact) mass is 311 g/mol. The predicted octanol–water partition coefficient (Wildman–Crippen LogP) is 3.98. The maximum atomic E-state index is 13.4. The van der Waals surface area contributed by atoms with Crippen LogP contribution in [0.3, 0.4) is 0 Å². The fourth-order valence-corrected chi connectivity index (χ4v) is 1.89. The molecule has 2 rings (SSSR count). The fraction of sp³-hybridized carbons (Fsp3) is 0. The maximum Gasteiger partial charge on any atom is 0.256 e. The van der Waals surface area contributed by atoms with Crippen molar-refractivity contribution in [2.24, 2.45) is 0 Å². The molecule has 0 fully saturated rings. The molecule has 0 heterocycles. The number of anilines is 1. The van der Waals surface area contributed by atoms with E-state index >= 15 is 0 Å². The summed E-state index contributed by atoms with van der Waals surface area (Å²) in [5.74, 6) is -1.80. The molecule has 0 aliphatic rings. The smallest absolute Gasteiger partial charge is 0.256 e. The van der Waals surface area contributed by atoms with Crippen molar-refractivity contribution < 1.29 is 13.6 Å². The van der Waals surface area contributed by atoms with Gasteiger partial charge in [-0.05, 0) is 40.2 Å². The molecule has 0 aromatic heterocycles. The average Bonchev–Trinajstić information content (AvgIpc) is 2.34. The lowest BCUT2D eigenvalue weighted by molar-refractivity contribution is 0.102. The van der Waals surface area contributed by atoms with Crippen molar-refractivity contribution in [3.05, 3.63) is 64.1 Å². The van der Waals surface area contributed by atoms with Crippen LogP contribution in [-0.2, 0) is 0 Å². The highest BCUT2D eigenvalue weighted by atomic mass is 79.9. The lowest BCUT2D eigenvalue weighted by Crippen LogP contribution is -2.13. The largest absolute Gasteiger partial charge is 0.319 e. The van der Waals surface area contributed by atoms with Crippen molar-refractivity contribution in [3.63, 3.8) is 0 Å². The molecule has 2 aromatic rings. The molecule has 0 spiro atoms. The summed E-state index contributed by atoms with van der Waals surface area (Å²) in [6.07, 6.45) is 0. The van der Waals surface area contributed by atoms with Gasteiger partial charge in [0.15, 0.2) is 0 Å². The van der Waals surface area contributed by atoms with Gasteiger partial charge in [0.25, 0.3) is 5.91 Å². The van der Waals surface area contributed by atoms with Gasteiger partial charge in [0.1, 0.15) is 11.6 Å². The number of nitrogens with one attached hydrogen (secondary N) is 1. The van der Waals surface area contributed by atoms with Crippen LogP contribution in [0, 0.1) is 11.6 Å². The summed E-state index contributed by atoms with van der Waals surface area (Å²) in [4.78, 5) is 11.9. The van der Waals surface area contributed by atoms with Gasteiger partial charge >= 0.3 is 0 Å². The van der Waals surface area contributed by atoms with Crippen LogP contribution < -0.4 is 5.32 Å². The van der Waals surface area contributed by atoms with Crippen LogP contribution in [0.4, 0.5) is 14.5 Å². The van der Waals surface area contributed by atoms with E-state index in [9.17, 15) is 13.6 Å². The second-order valence-corrected chi connectivity index (χ2v) is 4.41. The molecule has 0 saturated carbocycles. The predicted molar refractivity (Wildman–Crippen MR) is 68.5 cm³/mol. The van der Waals surface area contributed by atoms with Crippen molar-refractivity contribution in [2.75, 3.05) is 5.32 Å². The molecule has 1 amide bonds. The van der Waals surface area contributed by atoms with Crippen molar-refractivity contribution in [1.29, 1.82) is 0 Å². The molecular weight excluding hydrogens is 304 g/mol. The number of halogens is 3. The highest BCUT2D eigenvalue weighted by molar-refractivity contribution is 9.10. The first-order valence-corrected chi connectivity index (χ1v) is 5.88. The topological polar surface area (TPSA) is 29.1 Å². The van der Waals surface area contributed by atoms with Gasteiger partial charge in [0, 0.05) is 10.5 Å². The van der Waals surface area contributed by atoms with Gasteiger partial charge in [0.2, 0.25) is 0 Å². The minimum Gasteiger partial charge on any atom is -0.319 e. The van der Waals surface area contributed by atoms with Crippen LogP contribution in [-0.4, -0.2) is 5.91 Å². The van der Waals surface area contributed by atoms with E-state index < -0.39 is 17.5 Å². The number of carbonyl (C=O) groups excluding carboxylic acids is 1. The number of benzene rings is 2. The summed E-state index contributed by atoms with van der Waals surface area (Å²) < 4.78 is 26.9. The zero-order valence-corrected chi connectivity index (χ0v) is 10.7. The lowest BCUT2D eigenvalue weighted by Gasteiger charge is -2.07. The third-order valence-electron chi connectivity index (χ3n) is 2.30. The zero-order chi connectivity index (χ0) is 13.1. The van der Waals surface area contributed by atoms with Gasteiger partial charge in [-0.15, -0.1) is 0 Å². The highest BCUT2D eigenvalue weighted by Crippen LogP contribution is 2.20. The first-order chi connectivity index (χ1) is 8.58. The van der Waals surface area contributed by atoms with E-state index in [4.69, 9.17) is 0 Å². The molecule has 0 atom stereocenters. The van der Waals surface area contributed by atoms with Crippen molar-refractivity contribution in [2.45, 2.75) is 0 Å². The summed E-state index contributed by atoms with van der Waals surface area (Å²) in [7, 11) is 0. The third-order valence-corrected chi connectivity index (χ3v) is 2.99. The van der Waals surface area contributed by atoms with E-state index in [1.54, 1.807) is 24.3 Å². The molecular formula is C13H8BrF2NO. The van der Waals surface area contributed by atoms with Crippen LogP contribution >= 0.6 is 15.9 Å². The Labute approximate surface area is 111 Å². The van der Waals surface area contributed by atoms with E-state index in [1.165, 1.54) is 0 Å². The first kappa shape index (κ1) is 12.7. The normalized spacial score (nSPS) is 10.2. The van der Waals surface area contributed by atoms with E-state index in [0.717, 1.165) is 18.2 Å². The Morgan fingerprint density at radius 2 is 1.83 bits per heavy atom. The summed E-state index contributed by atoms with van der Waals surface area (Å²) >= 11 is 3.21. The molecule has 1 N–H and O–H groups in total.